The zero-order chi connectivity index (χ0) is 14.6. The van der Waals surface area contributed by atoms with Crippen LogP contribution in [0.4, 0.5) is 0 Å². The van der Waals surface area contributed by atoms with Crippen LogP contribution in [0.15, 0.2) is 0 Å². The summed E-state index contributed by atoms with van der Waals surface area (Å²) in [7, 11) is -3.01. The molecule has 6 heteroatoms. The molecule has 2 fully saturated rings. The van der Waals surface area contributed by atoms with Crippen molar-refractivity contribution in [1.82, 2.24) is 9.62 Å². The molecular formula is C14H29N3O2S. The summed E-state index contributed by atoms with van der Waals surface area (Å²) in [6.45, 7) is 3.26. The molecule has 0 amide bonds. The minimum absolute atomic E-state index is 0.283. The molecule has 1 aliphatic heterocycles. The summed E-state index contributed by atoms with van der Waals surface area (Å²) in [5.41, 5.74) is 5.92. The molecule has 1 saturated heterocycles. The molecule has 0 aromatic heterocycles. The summed E-state index contributed by atoms with van der Waals surface area (Å²) in [5.74, 6) is 0.283. The van der Waals surface area contributed by atoms with E-state index in [9.17, 15) is 8.42 Å². The molecule has 0 aromatic carbocycles. The Labute approximate surface area is 123 Å². The number of rotatable bonds is 5. The molecule has 0 spiro atoms. The second-order valence-electron chi connectivity index (χ2n) is 6.27. The monoisotopic (exact) mass is 303 g/mol. The van der Waals surface area contributed by atoms with Gasteiger partial charge in [-0.2, -0.15) is 0 Å². The van der Waals surface area contributed by atoms with Gasteiger partial charge in [-0.3, -0.25) is 0 Å². The van der Waals surface area contributed by atoms with E-state index < -0.39 is 10.0 Å². The fourth-order valence-electron chi connectivity index (χ4n) is 3.31. The van der Waals surface area contributed by atoms with Crippen LogP contribution in [-0.4, -0.2) is 49.7 Å². The highest BCUT2D eigenvalue weighted by atomic mass is 32.2. The first kappa shape index (κ1) is 16.2. The van der Waals surface area contributed by atoms with Crippen molar-refractivity contribution in [2.45, 2.75) is 70.0 Å². The lowest BCUT2D eigenvalue weighted by molar-refractivity contribution is 0.246. The molecular weight excluding hydrogens is 274 g/mol. The average Bonchev–Trinajstić information content (AvgIpc) is 2.42. The van der Waals surface area contributed by atoms with Crippen molar-refractivity contribution in [2.24, 2.45) is 5.73 Å². The van der Waals surface area contributed by atoms with Crippen LogP contribution >= 0.6 is 0 Å². The maximum absolute atomic E-state index is 12.0. The van der Waals surface area contributed by atoms with E-state index in [4.69, 9.17) is 5.73 Å². The van der Waals surface area contributed by atoms with E-state index in [1.807, 2.05) is 6.92 Å². The molecule has 2 rings (SSSR count). The zero-order valence-electron chi connectivity index (χ0n) is 12.6. The standard InChI is InChI=1S/C14H29N3O2S/c1-2-11-20(18,19)17-9-7-14(8-10-17)16-13-5-3-12(15)4-6-13/h12-14,16H,2-11,15H2,1H3. The lowest BCUT2D eigenvalue weighted by Crippen LogP contribution is -2.49. The SMILES string of the molecule is CCCS(=O)(=O)N1CCC(NC2CCC(N)CC2)CC1. The number of nitrogens with one attached hydrogen (secondary N) is 1. The molecule has 0 atom stereocenters. The van der Waals surface area contributed by atoms with Crippen molar-refractivity contribution in [1.29, 1.82) is 0 Å². The minimum Gasteiger partial charge on any atom is -0.328 e. The maximum atomic E-state index is 12.0. The first-order chi connectivity index (χ1) is 9.51. The van der Waals surface area contributed by atoms with Crippen LogP contribution < -0.4 is 11.1 Å². The number of hydrogen-bond acceptors (Lipinski definition) is 4. The topological polar surface area (TPSA) is 75.4 Å². The molecule has 1 saturated carbocycles. The van der Waals surface area contributed by atoms with Crippen molar-refractivity contribution >= 4 is 10.0 Å². The highest BCUT2D eigenvalue weighted by Gasteiger charge is 2.29. The Bertz CT molecular complexity index is 383. The van der Waals surface area contributed by atoms with Gasteiger partial charge in [-0.15, -0.1) is 0 Å². The highest BCUT2D eigenvalue weighted by molar-refractivity contribution is 7.89. The number of nitrogens with zero attached hydrogens (tertiary/aromatic N) is 1. The van der Waals surface area contributed by atoms with E-state index in [0.29, 0.717) is 37.6 Å². The summed E-state index contributed by atoms with van der Waals surface area (Å²) in [5, 5.41) is 3.71. The fraction of sp³-hybridized carbons (Fsp3) is 1.00. The molecule has 0 unspecified atom stereocenters. The number of hydrogen-bond donors (Lipinski definition) is 2. The number of nitrogens with two attached hydrogens (primary N) is 1. The molecule has 1 aliphatic carbocycles. The first-order valence-electron chi connectivity index (χ1n) is 8.00. The summed E-state index contributed by atoms with van der Waals surface area (Å²) in [6, 6.07) is 1.44. The predicted octanol–water partition coefficient (Wildman–Crippen LogP) is 1.05. The minimum atomic E-state index is -3.01. The lowest BCUT2D eigenvalue weighted by Gasteiger charge is -2.35. The molecule has 5 nitrogen and oxygen atoms in total. The van der Waals surface area contributed by atoms with Crippen LogP contribution in [0.1, 0.15) is 51.9 Å². The van der Waals surface area contributed by atoms with Crippen LogP contribution in [0, 0.1) is 0 Å². The van der Waals surface area contributed by atoms with Gasteiger partial charge in [0.05, 0.1) is 5.75 Å². The van der Waals surface area contributed by atoms with Crippen LogP contribution in [0.5, 0.6) is 0 Å². The number of piperidine rings is 1. The van der Waals surface area contributed by atoms with E-state index in [1.165, 1.54) is 0 Å². The predicted molar refractivity (Wildman–Crippen MR) is 82.0 cm³/mol. The molecule has 0 bridgehead atoms. The van der Waals surface area contributed by atoms with E-state index in [-0.39, 0.29) is 5.75 Å². The van der Waals surface area contributed by atoms with E-state index in [1.54, 1.807) is 4.31 Å². The van der Waals surface area contributed by atoms with Crippen molar-refractivity contribution in [3.8, 4) is 0 Å². The normalized spacial score (nSPS) is 30.5. The van der Waals surface area contributed by atoms with Gasteiger partial charge >= 0.3 is 0 Å². The third kappa shape index (κ3) is 4.41. The van der Waals surface area contributed by atoms with E-state index in [2.05, 4.69) is 5.32 Å². The Morgan fingerprint density at radius 2 is 1.60 bits per heavy atom. The molecule has 0 radical (unpaired) electrons. The Hall–Kier alpha value is -0.170. The lowest BCUT2D eigenvalue weighted by atomic mass is 9.90. The van der Waals surface area contributed by atoms with Crippen molar-refractivity contribution in [2.75, 3.05) is 18.8 Å². The zero-order valence-corrected chi connectivity index (χ0v) is 13.4. The van der Waals surface area contributed by atoms with Gasteiger partial charge in [0.2, 0.25) is 10.0 Å². The summed E-state index contributed by atoms with van der Waals surface area (Å²) < 4.78 is 25.7. The third-order valence-electron chi connectivity index (χ3n) is 4.55. The van der Waals surface area contributed by atoms with Crippen LogP contribution in [0.3, 0.4) is 0 Å². The van der Waals surface area contributed by atoms with E-state index >= 15 is 0 Å². The van der Waals surface area contributed by atoms with Gasteiger partial charge in [0.25, 0.3) is 0 Å². The van der Waals surface area contributed by atoms with Crippen molar-refractivity contribution in [3.05, 3.63) is 0 Å². The Kier molecular flexibility index (Phi) is 5.84. The first-order valence-corrected chi connectivity index (χ1v) is 9.61. The fourth-order valence-corrected chi connectivity index (χ4v) is 4.85. The Balaban J connectivity index is 1.74. The molecule has 118 valence electrons. The second-order valence-corrected chi connectivity index (χ2v) is 8.36. The molecule has 3 N–H and O–H groups in total. The molecule has 1 heterocycles. The van der Waals surface area contributed by atoms with Gasteiger partial charge in [0, 0.05) is 31.2 Å². The molecule has 0 aromatic rings. The van der Waals surface area contributed by atoms with Crippen molar-refractivity contribution in [3.63, 3.8) is 0 Å². The summed E-state index contributed by atoms with van der Waals surface area (Å²) in [4.78, 5) is 0. The van der Waals surface area contributed by atoms with Gasteiger partial charge in [-0.05, 0) is 44.9 Å². The van der Waals surface area contributed by atoms with Gasteiger partial charge < -0.3 is 11.1 Å². The summed E-state index contributed by atoms with van der Waals surface area (Å²) in [6.07, 6.45) is 7.12. The largest absolute Gasteiger partial charge is 0.328 e. The molecule has 20 heavy (non-hydrogen) atoms. The Morgan fingerprint density at radius 1 is 1.05 bits per heavy atom. The summed E-state index contributed by atoms with van der Waals surface area (Å²) >= 11 is 0. The second kappa shape index (κ2) is 7.20. The van der Waals surface area contributed by atoms with E-state index in [0.717, 1.165) is 38.5 Å². The van der Waals surface area contributed by atoms with Crippen LogP contribution in [-0.2, 0) is 10.0 Å². The smallest absolute Gasteiger partial charge is 0.214 e. The Morgan fingerprint density at radius 3 is 2.15 bits per heavy atom. The highest BCUT2D eigenvalue weighted by Crippen LogP contribution is 2.21. The van der Waals surface area contributed by atoms with Gasteiger partial charge in [-0.1, -0.05) is 6.92 Å². The van der Waals surface area contributed by atoms with Crippen molar-refractivity contribution < 1.29 is 8.42 Å². The quantitative estimate of drug-likeness (QED) is 0.796. The maximum Gasteiger partial charge on any atom is 0.214 e. The van der Waals surface area contributed by atoms with Crippen LogP contribution in [0.2, 0.25) is 0 Å². The van der Waals surface area contributed by atoms with Gasteiger partial charge in [-0.25, -0.2) is 12.7 Å². The average molecular weight is 303 g/mol. The molecule has 2 aliphatic rings. The van der Waals surface area contributed by atoms with Gasteiger partial charge in [0.1, 0.15) is 0 Å². The number of sulfonamides is 1. The van der Waals surface area contributed by atoms with Crippen LogP contribution in [0.25, 0.3) is 0 Å². The third-order valence-corrected chi connectivity index (χ3v) is 6.63. The van der Waals surface area contributed by atoms with Gasteiger partial charge in [0.15, 0.2) is 0 Å².